The monoisotopic (exact) mass is 297 g/mol. The van der Waals surface area contributed by atoms with Crippen LogP contribution in [0, 0.1) is 6.92 Å². The van der Waals surface area contributed by atoms with E-state index in [1.807, 2.05) is 13.8 Å². The van der Waals surface area contributed by atoms with Crippen LogP contribution in [0.25, 0.3) is 0 Å². The number of rotatable bonds is 7. The summed E-state index contributed by atoms with van der Waals surface area (Å²) in [5.41, 5.74) is -1.05. The largest absolute Gasteiger partial charge is 0.388 e. The Morgan fingerprint density at radius 3 is 2.38 bits per heavy atom. The topological polar surface area (TPSA) is 115 Å². The van der Waals surface area contributed by atoms with Crippen molar-refractivity contribution in [3.63, 3.8) is 0 Å². The smallest absolute Gasteiger partial charge is 0.325 e. The first-order valence-electron chi connectivity index (χ1n) is 7.12. The second kappa shape index (κ2) is 7.21. The number of aryl methyl sites for hydroxylation is 1. The van der Waals surface area contributed by atoms with Crippen LogP contribution in [0.3, 0.4) is 0 Å². The van der Waals surface area contributed by atoms with Crippen LogP contribution in [0.4, 0.5) is 0 Å². The quantitative estimate of drug-likeness (QED) is 0.565. The zero-order chi connectivity index (χ0) is 16.0. The van der Waals surface area contributed by atoms with Gasteiger partial charge in [-0.2, -0.15) is 0 Å². The highest BCUT2D eigenvalue weighted by Crippen LogP contribution is 2.12. The first-order valence-corrected chi connectivity index (χ1v) is 7.12. The number of nitrogens with one attached hydrogen (secondary N) is 3. The van der Waals surface area contributed by atoms with Crippen LogP contribution in [0.1, 0.15) is 44.4 Å². The predicted octanol–water partition coefficient (Wildman–Crippen LogP) is -0.0285. The van der Waals surface area contributed by atoms with Crippen LogP contribution < -0.4 is 16.6 Å². The minimum Gasteiger partial charge on any atom is -0.388 e. The highest BCUT2D eigenvalue weighted by molar-refractivity contribution is 5.76. The van der Waals surface area contributed by atoms with E-state index < -0.39 is 16.9 Å². The number of amides is 1. The molecule has 4 N–H and O–H groups in total. The fraction of sp³-hybridized carbons (Fsp3) is 0.643. The summed E-state index contributed by atoms with van der Waals surface area (Å²) in [6, 6.07) is 0. The van der Waals surface area contributed by atoms with Crippen LogP contribution in [-0.4, -0.2) is 33.1 Å². The molecule has 0 unspecified atom stereocenters. The maximum absolute atomic E-state index is 11.8. The molecule has 1 aromatic rings. The van der Waals surface area contributed by atoms with E-state index in [0.717, 1.165) is 0 Å². The molecule has 0 aliphatic carbocycles. The number of aliphatic hydroxyl groups is 1. The van der Waals surface area contributed by atoms with Crippen molar-refractivity contribution in [2.75, 3.05) is 6.54 Å². The molecule has 0 radical (unpaired) electrons. The van der Waals surface area contributed by atoms with Crippen molar-refractivity contribution in [1.29, 1.82) is 0 Å². The molecule has 0 saturated carbocycles. The summed E-state index contributed by atoms with van der Waals surface area (Å²) in [4.78, 5) is 39.1. The molecule has 7 heteroatoms. The summed E-state index contributed by atoms with van der Waals surface area (Å²) in [6.45, 7) is 5.54. The van der Waals surface area contributed by atoms with Gasteiger partial charge in [-0.15, -0.1) is 0 Å². The van der Waals surface area contributed by atoms with Gasteiger partial charge in [-0.3, -0.25) is 14.6 Å². The van der Waals surface area contributed by atoms with Crippen LogP contribution in [0.15, 0.2) is 9.59 Å². The summed E-state index contributed by atoms with van der Waals surface area (Å²) in [5.74, 6) is -0.236. The molecule has 118 valence electrons. The zero-order valence-electron chi connectivity index (χ0n) is 12.7. The van der Waals surface area contributed by atoms with Gasteiger partial charge in [0.15, 0.2) is 0 Å². The Morgan fingerprint density at radius 2 is 1.86 bits per heavy atom. The summed E-state index contributed by atoms with van der Waals surface area (Å²) in [5, 5.41) is 12.7. The third kappa shape index (κ3) is 4.86. The predicted molar refractivity (Wildman–Crippen MR) is 79.3 cm³/mol. The maximum atomic E-state index is 11.8. The van der Waals surface area contributed by atoms with E-state index in [1.165, 1.54) is 0 Å². The molecular weight excluding hydrogens is 274 g/mol. The summed E-state index contributed by atoms with van der Waals surface area (Å²) < 4.78 is 0. The highest BCUT2D eigenvalue weighted by Gasteiger charge is 2.22. The van der Waals surface area contributed by atoms with Crippen LogP contribution >= 0.6 is 0 Å². The van der Waals surface area contributed by atoms with Crippen LogP contribution in [-0.2, 0) is 11.2 Å². The first-order chi connectivity index (χ1) is 9.81. The van der Waals surface area contributed by atoms with Gasteiger partial charge in [-0.25, -0.2) is 4.79 Å². The van der Waals surface area contributed by atoms with Crippen LogP contribution in [0.2, 0.25) is 0 Å². The van der Waals surface area contributed by atoms with Crippen molar-refractivity contribution in [3.8, 4) is 0 Å². The number of carbonyl (C=O) groups excluding carboxylic acids is 1. The van der Waals surface area contributed by atoms with Gasteiger partial charge in [0.2, 0.25) is 5.91 Å². The number of carbonyl (C=O) groups is 1. The Kier molecular flexibility index (Phi) is 5.90. The van der Waals surface area contributed by atoms with Gasteiger partial charge in [0, 0.05) is 24.2 Å². The van der Waals surface area contributed by atoms with Gasteiger partial charge in [-0.05, 0) is 26.2 Å². The Morgan fingerprint density at radius 1 is 1.24 bits per heavy atom. The molecule has 0 saturated heterocycles. The Labute approximate surface area is 122 Å². The lowest BCUT2D eigenvalue weighted by molar-refractivity contribution is -0.122. The molecule has 7 nitrogen and oxygen atoms in total. The average Bonchev–Trinajstić information content (AvgIpc) is 2.43. The Hall–Kier alpha value is -1.89. The first kappa shape index (κ1) is 17.2. The summed E-state index contributed by atoms with van der Waals surface area (Å²) in [7, 11) is 0. The minimum atomic E-state index is -0.888. The number of hydrogen-bond acceptors (Lipinski definition) is 4. The summed E-state index contributed by atoms with van der Waals surface area (Å²) in [6.07, 6.45) is 1.48. The van der Waals surface area contributed by atoms with E-state index in [4.69, 9.17) is 0 Å². The van der Waals surface area contributed by atoms with Crippen molar-refractivity contribution >= 4 is 5.91 Å². The van der Waals surface area contributed by atoms with E-state index in [1.54, 1.807) is 6.92 Å². The normalized spacial score (nSPS) is 11.4. The third-order valence-electron chi connectivity index (χ3n) is 3.79. The third-order valence-corrected chi connectivity index (χ3v) is 3.79. The number of hydrogen-bond donors (Lipinski definition) is 4. The molecule has 0 fully saturated rings. The van der Waals surface area contributed by atoms with Gasteiger partial charge in [0.25, 0.3) is 5.56 Å². The molecule has 1 heterocycles. The van der Waals surface area contributed by atoms with Gasteiger partial charge >= 0.3 is 5.69 Å². The van der Waals surface area contributed by atoms with E-state index in [2.05, 4.69) is 15.3 Å². The van der Waals surface area contributed by atoms with Gasteiger partial charge < -0.3 is 15.4 Å². The second-order valence-corrected chi connectivity index (χ2v) is 5.22. The molecule has 0 atom stereocenters. The van der Waals surface area contributed by atoms with Crippen molar-refractivity contribution in [2.45, 2.75) is 52.1 Å². The average molecular weight is 297 g/mol. The van der Waals surface area contributed by atoms with Crippen molar-refractivity contribution < 1.29 is 9.90 Å². The van der Waals surface area contributed by atoms with Gasteiger partial charge in [0.1, 0.15) is 0 Å². The fourth-order valence-corrected chi connectivity index (χ4v) is 2.02. The van der Waals surface area contributed by atoms with E-state index >= 15 is 0 Å². The fourth-order valence-electron chi connectivity index (χ4n) is 2.02. The SMILES string of the molecule is CCC(O)(CC)CNC(=O)CCc1c(C)[nH]c(=O)[nH]c1=O. The molecule has 1 rings (SSSR count). The van der Waals surface area contributed by atoms with Crippen molar-refractivity contribution in [2.24, 2.45) is 0 Å². The van der Waals surface area contributed by atoms with E-state index in [9.17, 15) is 19.5 Å². The molecule has 0 bridgehead atoms. The number of aromatic nitrogens is 2. The van der Waals surface area contributed by atoms with E-state index in [-0.39, 0.29) is 25.3 Å². The molecule has 0 aliphatic rings. The Bertz CT molecular complexity index is 599. The van der Waals surface area contributed by atoms with Crippen molar-refractivity contribution in [3.05, 3.63) is 32.1 Å². The number of aromatic amines is 2. The lowest BCUT2D eigenvalue weighted by atomic mass is 9.97. The molecule has 1 aromatic heterocycles. The highest BCUT2D eigenvalue weighted by atomic mass is 16.3. The molecule has 21 heavy (non-hydrogen) atoms. The van der Waals surface area contributed by atoms with Gasteiger partial charge in [0.05, 0.1) is 5.60 Å². The number of H-pyrrole nitrogens is 2. The molecular formula is C14H23N3O4. The van der Waals surface area contributed by atoms with E-state index in [0.29, 0.717) is 24.1 Å². The van der Waals surface area contributed by atoms with Crippen molar-refractivity contribution in [1.82, 2.24) is 15.3 Å². The van der Waals surface area contributed by atoms with Gasteiger partial charge in [-0.1, -0.05) is 13.8 Å². The lowest BCUT2D eigenvalue weighted by Crippen LogP contribution is -2.42. The molecule has 0 spiro atoms. The maximum Gasteiger partial charge on any atom is 0.325 e. The molecule has 0 aliphatic heterocycles. The summed E-state index contributed by atoms with van der Waals surface area (Å²) >= 11 is 0. The lowest BCUT2D eigenvalue weighted by Gasteiger charge is -2.25. The second-order valence-electron chi connectivity index (χ2n) is 5.22. The molecule has 0 aromatic carbocycles. The Balaban J connectivity index is 2.59. The van der Waals surface area contributed by atoms with Crippen LogP contribution in [0.5, 0.6) is 0 Å². The molecule has 1 amide bonds. The minimum absolute atomic E-state index is 0.124. The zero-order valence-corrected chi connectivity index (χ0v) is 12.7. The standard InChI is InChI=1S/C14H23N3O4/c1-4-14(21,5-2)8-15-11(18)7-6-10-9(3)16-13(20)17-12(10)19/h21H,4-8H2,1-3H3,(H,15,18)(H2,16,17,19,20).